The second kappa shape index (κ2) is 10.0. The minimum Gasteiger partial charge on any atom is -0.387 e. The number of ether oxygens (including phenoxy) is 1. The predicted molar refractivity (Wildman–Crippen MR) is 132 cm³/mol. The van der Waals surface area contributed by atoms with Crippen LogP contribution in [0.25, 0.3) is 5.65 Å². The monoisotopic (exact) mass is 574 g/mol. The van der Waals surface area contributed by atoms with E-state index in [9.17, 15) is 24.2 Å². The lowest BCUT2D eigenvalue weighted by atomic mass is 10.00. The molecule has 0 spiro atoms. The molecule has 1 aromatic carbocycles. The van der Waals surface area contributed by atoms with Gasteiger partial charge in [-0.15, -0.1) is 0 Å². The molecule has 2 unspecified atom stereocenters. The zero-order valence-electron chi connectivity index (χ0n) is 19.2. The molecule has 1 fully saturated rings. The number of benzene rings is 1. The van der Waals surface area contributed by atoms with Crippen LogP contribution >= 0.6 is 26.8 Å². The zero-order chi connectivity index (χ0) is 26.5. The highest BCUT2D eigenvalue weighted by molar-refractivity contribution is 7.70. The summed E-state index contributed by atoms with van der Waals surface area (Å²) in [7, 11) is -9.49. The molecule has 0 amide bonds. The molecule has 13 nitrogen and oxygen atoms in total. The Morgan fingerprint density at radius 2 is 1.86 bits per heavy atom. The number of nitrogens with zero attached hydrogens (tertiary/aromatic N) is 4. The quantitative estimate of drug-likeness (QED) is 0.256. The maximum absolute atomic E-state index is 12.0. The van der Waals surface area contributed by atoms with Gasteiger partial charge in [0.25, 0.3) is 0 Å². The molecule has 3 aromatic rings. The van der Waals surface area contributed by atoms with E-state index < -0.39 is 52.1 Å². The van der Waals surface area contributed by atoms with Crippen LogP contribution in [0.3, 0.4) is 0 Å². The van der Waals surface area contributed by atoms with Crippen molar-refractivity contribution >= 4 is 38.1 Å². The van der Waals surface area contributed by atoms with Crippen molar-refractivity contribution in [2.24, 2.45) is 0 Å². The first kappa shape index (κ1) is 26.7. The van der Waals surface area contributed by atoms with E-state index in [2.05, 4.69) is 27.1 Å². The second-order valence-electron chi connectivity index (χ2n) is 9.03. The van der Waals surface area contributed by atoms with Crippen molar-refractivity contribution in [2.45, 2.75) is 37.4 Å². The van der Waals surface area contributed by atoms with Crippen LogP contribution in [-0.4, -0.2) is 76.9 Å². The average molecular weight is 575 g/mol. The van der Waals surface area contributed by atoms with E-state index in [1.807, 2.05) is 12.1 Å². The van der Waals surface area contributed by atoms with Gasteiger partial charge < -0.3 is 39.1 Å². The van der Waals surface area contributed by atoms with E-state index >= 15 is 0 Å². The number of anilines is 1. The molecular formula is C21H25ClN4O9P2. The molecule has 0 saturated carbocycles. The molecule has 5 rings (SSSR count). The van der Waals surface area contributed by atoms with Crippen molar-refractivity contribution in [1.29, 1.82) is 0 Å². The number of aliphatic hydroxyl groups is 2. The smallest absolute Gasteiger partial charge is 0.340 e. The lowest BCUT2D eigenvalue weighted by molar-refractivity contribution is -0.0204. The maximum Gasteiger partial charge on any atom is 0.340 e. The summed E-state index contributed by atoms with van der Waals surface area (Å²) in [5.41, 5.74) is 3.94. The second-order valence-corrected chi connectivity index (χ2v) is 13.4. The fourth-order valence-corrected chi connectivity index (χ4v) is 7.41. The Kier molecular flexibility index (Phi) is 7.23. The summed E-state index contributed by atoms with van der Waals surface area (Å²) < 4.78 is 34.9. The van der Waals surface area contributed by atoms with Crippen LogP contribution in [0.1, 0.15) is 22.9 Å². The van der Waals surface area contributed by atoms with Gasteiger partial charge in [-0.3, -0.25) is 9.13 Å². The first-order valence-electron chi connectivity index (χ1n) is 11.3. The molecule has 5 N–H and O–H groups in total. The van der Waals surface area contributed by atoms with Gasteiger partial charge in [-0.25, -0.2) is 9.50 Å². The van der Waals surface area contributed by atoms with E-state index in [0.29, 0.717) is 12.2 Å². The number of fused-ring (bicyclic) bond motifs is 2. The SMILES string of the molecule is O=P(O)(O)CP(=O)(O)OCC1O[C@@H](c2cnc3c(N4CCc5ccccc5C4)cc(Cl)nn23)[C@H](O)[C@@H]1O. The third-order valence-corrected chi connectivity index (χ3v) is 10.0. The maximum atomic E-state index is 12.0. The Bertz CT molecular complexity index is 1420. The summed E-state index contributed by atoms with van der Waals surface area (Å²) in [6, 6.07) is 9.86. The summed E-state index contributed by atoms with van der Waals surface area (Å²) in [6.07, 6.45) is -3.12. The Balaban J connectivity index is 1.38. The molecule has 37 heavy (non-hydrogen) atoms. The molecule has 0 aliphatic carbocycles. The van der Waals surface area contributed by atoms with Gasteiger partial charge in [0.15, 0.2) is 16.7 Å². The molecular weight excluding hydrogens is 550 g/mol. The van der Waals surface area contributed by atoms with E-state index in [4.69, 9.17) is 30.6 Å². The molecule has 2 aliphatic heterocycles. The highest BCUT2D eigenvalue weighted by Crippen LogP contribution is 2.55. The van der Waals surface area contributed by atoms with Gasteiger partial charge in [-0.2, -0.15) is 5.10 Å². The number of hydrogen-bond acceptors (Lipinski definition) is 9. The molecule has 200 valence electrons. The first-order chi connectivity index (χ1) is 17.4. The van der Waals surface area contributed by atoms with Crippen molar-refractivity contribution in [1.82, 2.24) is 14.6 Å². The molecule has 5 atom stereocenters. The molecule has 2 aliphatic rings. The van der Waals surface area contributed by atoms with Crippen LogP contribution < -0.4 is 4.90 Å². The number of hydrogen-bond donors (Lipinski definition) is 5. The van der Waals surface area contributed by atoms with Crippen LogP contribution in [0, 0.1) is 0 Å². The van der Waals surface area contributed by atoms with Gasteiger partial charge in [-0.05, 0) is 17.5 Å². The fourth-order valence-electron chi connectivity index (χ4n) is 4.66. The van der Waals surface area contributed by atoms with E-state index in [-0.39, 0.29) is 10.8 Å². The topological polar surface area (TPSA) is 187 Å². The minimum absolute atomic E-state index is 0.173. The lowest BCUT2D eigenvalue weighted by Crippen LogP contribution is -2.33. The lowest BCUT2D eigenvalue weighted by Gasteiger charge is -2.30. The summed E-state index contributed by atoms with van der Waals surface area (Å²) >= 11 is 6.34. The van der Waals surface area contributed by atoms with Crippen LogP contribution in [0.15, 0.2) is 36.5 Å². The molecule has 0 radical (unpaired) electrons. The van der Waals surface area contributed by atoms with Crippen LogP contribution in [0.5, 0.6) is 0 Å². The largest absolute Gasteiger partial charge is 0.387 e. The summed E-state index contributed by atoms with van der Waals surface area (Å²) in [6.45, 7) is 0.683. The molecule has 16 heteroatoms. The minimum atomic E-state index is -4.82. The van der Waals surface area contributed by atoms with Gasteiger partial charge in [-0.1, -0.05) is 35.9 Å². The number of imidazole rings is 1. The zero-order valence-corrected chi connectivity index (χ0v) is 21.8. The summed E-state index contributed by atoms with van der Waals surface area (Å²) in [5.74, 6) is -1.38. The Labute approximate surface area is 215 Å². The Hall–Kier alpha value is -1.89. The fraction of sp³-hybridized carbons (Fsp3) is 0.429. The predicted octanol–water partition coefficient (Wildman–Crippen LogP) is 1.44. The van der Waals surface area contributed by atoms with E-state index in [1.165, 1.54) is 21.8 Å². The van der Waals surface area contributed by atoms with Crippen LogP contribution in [0.2, 0.25) is 5.15 Å². The van der Waals surface area contributed by atoms with Gasteiger partial charge in [0.2, 0.25) is 0 Å². The van der Waals surface area contributed by atoms with Crippen molar-refractivity contribution in [3.8, 4) is 0 Å². The normalized spacial score (nSPS) is 25.8. The Morgan fingerprint density at radius 1 is 1.14 bits per heavy atom. The van der Waals surface area contributed by atoms with Crippen molar-refractivity contribution in [3.05, 3.63) is 58.5 Å². The Morgan fingerprint density at radius 3 is 2.59 bits per heavy atom. The van der Waals surface area contributed by atoms with E-state index in [0.717, 1.165) is 18.7 Å². The van der Waals surface area contributed by atoms with Gasteiger partial charge >= 0.3 is 15.2 Å². The molecule has 0 bridgehead atoms. The van der Waals surface area contributed by atoms with Crippen LogP contribution in [0.4, 0.5) is 5.69 Å². The number of halogens is 1. The highest BCUT2D eigenvalue weighted by atomic mass is 35.5. The summed E-state index contributed by atoms with van der Waals surface area (Å²) in [5, 5.41) is 25.6. The number of rotatable bonds is 7. The average Bonchev–Trinajstić information content (AvgIpc) is 3.36. The van der Waals surface area contributed by atoms with Gasteiger partial charge in [0.1, 0.15) is 24.4 Å². The van der Waals surface area contributed by atoms with Gasteiger partial charge in [0, 0.05) is 19.2 Å². The standard InChI is InChI=1S/C21H25ClN4O9P2/c22-17-7-14(25-6-5-12-3-1-2-4-13(12)9-25)21-23-8-15(26(21)24-17)20-19(28)18(27)16(35-20)10-34-37(32,33)11-36(29,30)31/h1-4,7-8,16,18-20,27-28H,5-6,9-11H2,(H,32,33)(H2,29,30,31)/t16?,18-,19-,20+/m1/s1. The van der Waals surface area contributed by atoms with Crippen LogP contribution in [-0.2, 0) is 31.4 Å². The van der Waals surface area contributed by atoms with E-state index in [1.54, 1.807) is 6.07 Å². The van der Waals surface area contributed by atoms with Crippen molar-refractivity contribution < 1.29 is 43.3 Å². The first-order valence-corrected chi connectivity index (χ1v) is 15.2. The van der Waals surface area contributed by atoms with Crippen molar-refractivity contribution in [3.63, 3.8) is 0 Å². The summed E-state index contributed by atoms with van der Waals surface area (Å²) in [4.78, 5) is 34.2. The highest BCUT2D eigenvalue weighted by Gasteiger charge is 2.46. The number of aliphatic hydroxyl groups excluding tert-OH is 2. The number of aromatic nitrogens is 3. The third kappa shape index (κ3) is 5.62. The molecule has 1 saturated heterocycles. The molecule has 2 aromatic heterocycles. The molecule has 4 heterocycles. The third-order valence-electron chi connectivity index (χ3n) is 6.37. The van der Waals surface area contributed by atoms with Gasteiger partial charge in [0.05, 0.1) is 24.2 Å². The van der Waals surface area contributed by atoms with Crippen molar-refractivity contribution in [2.75, 3.05) is 24.0 Å².